The van der Waals surface area contributed by atoms with Crippen molar-refractivity contribution in [3.05, 3.63) is 0 Å². The zero-order valence-corrected chi connectivity index (χ0v) is 11.1. The minimum atomic E-state index is -4.10. The second-order valence-electron chi connectivity index (χ2n) is 5.77. The molecule has 18 heavy (non-hydrogen) atoms. The summed E-state index contributed by atoms with van der Waals surface area (Å²) in [5.74, 6) is 0. The Kier molecular flexibility index (Phi) is 5.03. The Morgan fingerprint density at radius 1 is 1.22 bits per heavy atom. The Balaban J connectivity index is 2.25. The lowest BCUT2D eigenvalue weighted by Crippen LogP contribution is -2.36. The summed E-state index contributed by atoms with van der Waals surface area (Å²) >= 11 is 0. The van der Waals surface area contributed by atoms with Gasteiger partial charge in [-0.05, 0) is 46.1 Å². The summed E-state index contributed by atoms with van der Waals surface area (Å²) in [7, 11) is 0. The number of unbranched alkanes of at least 4 members (excludes halogenated alkanes) is 1. The smallest absolute Gasteiger partial charge is 0.292 e. The molecule has 1 aliphatic rings. The molecule has 0 radical (unpaired) electrons. The molecular formula is C13H21F3N2. The molecule has 5 heteroatoms. The van der Waals surface area contributed by atoms with Gasteiger partial charge in [-0.2, -0.15) is 18.4 Å². The van der Waals surface area contributed by atoms with E-state index in [9.17, 15) is 13.2 Å². The van der Waals surface area contributed by atoms with Crippen LogP contribution in [0, 0.1) is 16.7 Å². The van der Waals surface area contributed by atoms with Crippen molar-refractivity contribution in [2.75, 3.05) is 13.1 Å². The first-order chi connectivity index (χ1) is 8.23. The van der Waals surface area contributed by atoms with Crippen LogP contribution in [0.5, 0.6) is 0 Å². The molecule has 0 amide bonds. The fourth-order valence-electron chi connectivity index (χ4n) is 2.00. The van der Waals surface area contributed by atoms with E-state index in [1.807, 2.05) is 13.8 Å². The highest BCUT2D eigenvalue weighted by atomic mass is 19.4. The summed E-state index contributed by atoms with van der Waals surface area (Å²) in [6.07, 6.45) is -0.0403. The minimum absolute atomic E-state index is 0.135. The van der Waals surface area contributed by atoms with Crippen LogP contribution in [0.15, 0.2) is 0 Å². The molecule has 0 aromatic heterocycles. The average Bonchev–Trinajstić information content (AvgIpc) is 3.04. The third-order valence-electron chi connectivity index (χ3n) is 3.25. The van der Waals surface area contributed by atoms with Crippen LogP contribution in [0.4, 0.5) is 13.2 Å². The van der Waals surface area contributed by atoms with E-state index in [0.29, 0.717) is 6.54 Å². The van der Waals surface area contributed by atoms with E-state index in [4.69, 9.17) is 5.26 Å². The number of rotatable bonds is 7. The molecule has 0 saturated heterocycles. The van der Waals surface area contributed by atoms with Gasteiger partial charge < -0.3 is 0 Å². The first-order valence-electron chi connectivity index (χ1n) is 6.45. The zero-order chi connectivity index (χ0) is 13.8. The van der Waals surface area contributed by atoms with Crippen LogP contribution in [-0.2, 0) is 0 Å². The Morgan fingerprint density at radius 3 is 2.28 bits per heavy atom. The van der Waals surface area contributed by atoms with Gasteiger partial charge >= 0.3 is 6.18 Å². The van der Waals surface area contributed by atoms with Crippen LogP contribution < -0.4 is 0 Å². The molecule has 0 aromatic rings. The molecule has 1 rings (SSSR count). The van der Waals surface area contributed by atoms with Gasteiger partial charge in [-0.25, -0.2) is 0 Å². The van der Waals surface area contributed by atoms with Gasteiger partial charge in [0.15, 0.2) is 0 Å². The highest BCUT2D eigenvalue weighted by molar-refractivity contribution is 4.91. The van der Waals surface area contributed by atoms with E-state index in [1.54, 1.807) is 4.90 Å². The van der Waals surface area contributed by atoms with Gasteiger partial charge in [0.05, 0.1) is 18.0 Å². The second-order valence-corrected chi connectivity index (χ2v) is 5.77. The standard InChI is InChI=1S/C13H21F3N2/c1-12(2,9-17)7-3-4-8-18(11-5-6-11)10-13(14,15)16/h11H,3-8,10H2,1-2H3. The summed E-state index contributed by atoms with van der Waals surface area (Å²) in [6.45, 7) is 3.42. The third-order valence-corrected chi connectivity index (χ3v) is 3.25. The molecule has 0 heterocycles. The molecule has 0 atom stereocenters. The zero-order valence-electron chi connectivity index (χ0n) is 11.1. The van der Waals surface area contributed by atoms with Crippen LogP contribution in [0.25, 0.3) is 0 Å². The first kappa shape index (κ1) is 15.3. The molecule has 0 spiro atoms. The molecule has 1 fully saturated rings. The van der Waals surface area contributed by atoms with Crippen molar-refractivity contribution in [3.8, 4) is 6.07 Å². The number of alkyl halides is 3. The fourth-order valence-corrected chi connectivity index (χ4v) is 2.00. The molecule has 0 aliphatic heterocycles. The Hall–Kier alpha value is -0.760. The van der Waals surface area contributed by atoms with Crippen molar-refractivity contribution >= 4 is 0 Å². The minimum Gasteiger partial charge on any atom is -0.292 e. The fraction of sp³-hybridized carbons (Fsp3) is 0.923. The summed E-state index contributed by atoms with van der Waals surface area (Å²) in [6, 6.07) is 2.34. The van der Waals surface area contributed by atoms with Crippen molar-refractivity contribution in [1.29, 1.82) is 5.26 Å². The lowest BCUT2D eigenvalue weighted by molar-refractivity contribution is -0.147. The second kappa shape index (κ2) is 5.92. The molecule has 2 nitrogen and oxygen atoms in total. The number of halogens is 3. The predicted molar refractivity (Wildman–Crippen MR) is 63.9 cm³/mol. The molecule has 1 aliphatic carbocycles. The van der Waals surface area contributed by atoms with Gasteiger partial charge in [0.25, 0.3) is 0 Å². The van der Waals surface area contributed by atoms with E-state index in [-0.39, 0.29) is 11.5 Å². The molecule has 0 aromatic carbocycles. The van der Waals surface area contributed by atoms with Crippen molar-refractivity contribution < 1.29 is 13.2 Å². The Bertz CT molecular complexity index is 300. The monoisotopic (exact) mass is 262 g/mol. The summed E-state index contributed by atoms with van der Waals surface area (Å²) in [5, 5.41) is 8.84. The van der Waals surface area contributed by atoms with Crippen LogP contribution in [0.3, 0.4) is 0 Å². The van der Waals surface area contributed by atoms with Crippen LogP contribution in [-0.4, -0.2) is 30.2 Å². The molecule has 0 unspecified atom stereocenters. The maximum Gasteiger partial charge on any atom is 0.401 e. The van der Waals surface area contributed by atoms with Gasteiger partial charge in [0.2, 0.25) is 0 Å². The van der Waals surface area contributed by atoms with Gasteiger partial charge in [0, 0.05) is 6.04 Å². The number of nitriles is 1. The van der Waals surface area contributed by atoms with Crippen LogP contribution in [0.1, 0.15) is 46.0 Å². The van der Waals surface area contributed by atoms with E-state index >= 15 is 0 Å². The van der Waals surface area contributed by atoms with E-state index in [2.05, 4.69) is 6.07 Å². The van der Waals surface area contributed by atoms with Gasteiger partial charge in [-0.15, -0.1) is 0 Å². The molecule has 104 valence electrons. The van der Waals surface area contributed by atoms with E-state index in [1.165, 1.54) is 0 Å². The molecular weight excluding hydrogens is 241 g/mol. The van der Waals surface area contributed by atoms with Crippen molar-refractivity contribution in [2.45, 2.75) is 58.2 Å². The molecule has 0 N–H and O–H groups in total. The third kappa shape index (κ3) is 6.25. The quantitative estimate of drug-likeness (QED) is 0.654. The van der Waals surface area contributed by atoms with E-state index in [0.717, 1.165) is 32.1 Å². The average molecular weight is 262 g/mol. The van der Waals surface area contributed by atoms with Crippen LogP contribution in [0.2, 0.25) is 0 Å². The Morgan fingerprint density at radius 2 is 1.83 bits per heavy atom. The maximum absolute atomic E-state index is 12.4. The number of hydrogen-bond acceptors (Lipinski definition) is 2. The normalized spacial score (nSPS) is 16.9. The number of nitrogens with zero attached hydrogens (tertiary/aromatic N) is 2. The largest absolute Gasteiger partial charge is 0.401 e. The van der Waals surface area contributed by atoms with Crippen molar-refractivity contribution in [2.24, 2.45) is 5.41 Å². The van der Waals surface area contributed by atoms with Gasteiger partial charge in [0.1, 0.15) is 0 Å². The SMILES string of the molecule is CC(C)(C#N)CCCCN(CC(F)(F)F)C1CC1. The summed E-state index contributed by atoms with van der Waals surface area (Å²) in [5.41, 5.74) is -0.367. The maximum atomic E-state index is 12.4. The van der Waals surface area contributed by atoms with Gasteiger partial charge in [-0.1, -0.05) is 6.42 Å². The lowest BCUT2D eigenvalue weighted by atomic mass is 9.89. The predicted octanol–water partition coefficient (Wildman–Crippen LogP) is 3.73. The van der Waals surface area contributed by atoms with Gasteiger partial charge in [-0.3, -0.25) is 4.90 Å². The van der Waals surface area contributed by atoms with E-state index < -0.39 is 12.7 Å². The van der Waals surface area contributed by atoms with Crippen molar-refractivity contribution in [1.82, 2.24) is 4.90 Å². The first-order valence-corrected chi connectivity index (χ1v) is 6.45. The molecule has 0 bridgehead atoms. The number of hydrogen-bond donors (Lipinski definition) is 0. The lowest BCUT2D eigenvalue weighted by Gasteiger charge is -2.23. The molecule has 1 saturated carbocycles. The Labute approximate surface area is 107 Å². The highest BCUT2D eigenvalue weighted by Crippen LogP contribution is 2.30. The topological polar surface area (TPSA) is 27.0 Å². The summed E-state index contributed by atoms with van der Waals surface area (Å²) in [4.78, 5) is 1.54. The van der Waals surface area contributed by atoms with Crippen molar-refractivity contribution in [3.63, 3.8) is 0 Å². The summed E-state index contributed by atoms with van der Waals surface area (Å²) < 4.78 is 37.1. The van der Waals surface area contributed by atoms with Crippen LogP contribution >= 0.6 is 0 Å². The highest BCUT2D eigenvalue weighted by Gasteiger charge is 2.37.